The third-order valence-electron chi connectivity index (χ3n) is 5.48. The predicted molar refractivity (Wildman–Crippen MR) is 90.3 cm³/mol. The second-order valence-electron chi connectivity index (χ2n) is 7.05. The highest BCUT2D eigenvalue weighted by molar-refractivity contribution is 7.09. The summed E-state index contributed by atoms with van der Waals surface area (Å²) in [5.74, 6) is 0.878. The normalized spacial score (nSPS) is 28.0. The quantitative estimate of drug-likeness (QED) is 0.840. The highest BCUT2D eigenvalue weighted by Gasteiger charge is 2.42. The van der Waals surface area contributed by atoms with E-state index in [9.17, 15) is 4.79 Å². The van der Waals surface area contributed by atoms with E-state index in [1.807, 2.05) is 0 Å². The summed E-state index contributed by atoms with van der Waals surface area (Å²) < 4.78 is 0. The van der Waals surface area contributed by atoms with Crippen molar-refractivity contribution >= 4 is 17.2 Å². The van der Waals surface area contributed by atoms with Crippen LogP contribution >= 0.6 is 11.3 Å². The van der Waals surface area contributed by atoms with Crippen LogP contribution in [0, 0.1) is 6.92 Å². The number of aromatic nitrogens is 1. The van der Waals surface area contributed by atoms with Crippen molar-refractivity contribution in [3.05, 3.63) is 16.1 Å². The number of carbonyl (C=O) groups is 1. The first-order chi connectivity index (χ1) is 10.5. The highest BCUT2D eigenvalue weighted by atomic mass is 32.1. The van der Waals surface area contributed by atoms with Crippen LogP contribution in [0.5, 0.6) is 0 Å². The Morgan fingerprint density at radius 2 is 2.05 bits per heavy atom. The third kappa shape index (κ3) is 2.93. The van der Waals surface area contributed by atoms with Gasteiger partial charge in [0, 0.05) is 30.1 Å². The minimum atomic E-state index is -0.289. The van der Waals surface area contributed by atoms with Gasteiger partial charge >= 0.3 is 0 Å². The van der Waals surface area contributed by atoms with Crippen LogP contribution in [-0.2, 0) is 4.79 Å². The molecule has 2 aliphatic rings. The van der Waals surface area contributed by atoms with E-state index in [1.54, 1.807) is 11.3 Å². The number of piperidine rings is 2. The molecule has 0 unspecified atom stereocenters. The van der Waals surface area contributed by atoms with E-state index >= 15 is 0 Å². The summed E-state index contributed by atoms with van der Waals surface area (Å²) in [5, 5.41) is 3.39. The summed E-state index contributed by atoms with van der Waals surface area (Å²) in [6.07, 6.45) is 5.48. The van der Waals surface area contributed by atoms with Gasteiger partial charge in [0.05, 0.1) is 10.5 Å². The monoisotopic (exact) mass is 321 g/mol. The maximum atomic E-state index is 13.0. The van der Waals surface area contributed by atoms with E-state index in [0.29, 0.717) is 11.8 Å². The summed E-state index contributed by atoms with van der Waals surface area (Å²) in [5.41, 5.74) is 0.831. The van der Waals surface area contributed by atoms with Gasteiger partial charge in [-0.1, -0.05) is 0 Å². The number of amides is 1. The van der Waals surface area contributed by atoms with Crippen LogP contribution in [0.4, 0.5) is 0 Å². The Kier molecular flexibility index (Phi) is 4.55. The number of hydrogen-bond donors (Lipinski definition) is 0. The second-order valence-corrected chi connectivity index (χ2v) is 7.94. The number of nitrogens with zero attached hydrogens (tertiary/aromatic N) is 3. The lowest BCUT2D eigenvalue weighted by molar-refractivity contribution is -0.146. The zero-order chi connectivity index (χ0) is 15.7. The Bertz CT molecular complexity index is 536. The van der Waals surface area contributed by atoms with Gasteiger partial charge in [-0.3, -0.25) is 9.69 Å². The molecule has 0 radical (unpaired) electrons. The molecular formula is C17H27N3OS. The Labute approximate surface area is 137 Å². The molecule has 0 spiro atoms. The highest BCUT2D eigenvalue weighted by Crippen LogP contribution is 2.33. The van der Waals surface area contributed by atoms with Gasteiger partial charge in [0.1, 0.15) is 0 Å². The molecule has 122 valence electrons. The molecule has 0 saturated carbocycles. The predicted octanol–water partition coefficient (Wildman–Crippen LogP) is 3.03. The molecule has 1 atom stereocenters. The van der Waals surface area contributed by atoms with Gasteiger partial charge in [-0.2, -0.15) is 0 Å². The minimum Gasteiger partial charge on any atom is -0.341 e. The first-order valence-electron chi connectivity index (χ1n) is 8.43. The van der Waals surface area contributed by atoms with Crippen LogP contribution < -0.4 is 0 Å². The fraction of sp³-hybridized carbons (Fsp3) is 0.765. The lowest BCUT2D eigenvalue weighted by Gasteiger charge is -2.45. The summed E-state index contributed by atoms with van der Waals surface area (Å²) in [6, 6.07) is 0. The van der Waals surface area contributed by atoms with Gasteiger partial charge in [-0.05, 0) is 59.5 Å². The van der Waals surface area contributed by atoms with Gasteiger partial charge in [0.25, 0.3) is 0 Å². The first-order valence-corrected chi connectivity index (χ1v) is 9.31. The lowest BCUT2D eigenvalue weighted by atomic mass is 9.86. The summed E-state index contributed by atoms with van der Waals surface area (Å²) in [7, 11) is 2.10. The van der Waals surface area contributed by atoms with E-state index in [0.717, 1.165) is 44.6 Å². The van der Waals surface area contributed by atoms with Crippen molar-refractivity contribution in [3.8, 4) is 0 Å². The molecule has 3 rings (SSSR count). The van der Waals surface area contributed by atoms with E-state index in [1.165, 1.54) is 17.8 Å². The van der Waals surface area contributed by atoms with Gasteiger partial charge in [0.15, 0.2) is 0 Å². The molecule has 2 aliphatic heterocycles. The van der Waals surface area contributed by atoms with Crippen molar-refractivity contribution in [2.45, 2.75) is 57.4 Å². The molecule has 4 nitrogen and oxygen atoms in total. The van der Waals surface area contributed by atoms with Crippen molar-refractivity contribution in [3.63, 3.8) is 0 Å². The molecule has 1 aromatic heterocycles. The Morgan fingerprint density at radius 1 is 1.32 bits per heavy atom. The number of rotatable bonds is 2. The molecule has 22 heavy (non-hydrogen) atoms. The van der Waals surface area contributed by atoms with Crippen molar-refractivity contribution < 1.29 is 4.79 Å². The average molecular weight is 321 g/mol. The fourth-order valence-electron chi connectivity index (χ4n) is 3.76. The van der Waals surface area contributed by atoms with E-state index in [-0.39, 0.29) is 5.54 Å². The molecular weight excluding hydrogens is 294 g/mol. The largest absolute Gasteiger partial charge is 0.341 e. The van der Waals surface area contributed by atoms with Gasteiger partial charge < -0.3 is 4.90 Å². The molecule has 0 aromatic carbocycles. The smallest absolute Gasteiger partial charge is 0.242 e. The summed E-state index contributed by atoms with van der Waals surface area (Å²) in [4.78, 5) is 22.0. The Hall–Kier alpha value is -0.940. The maximum absolute atomic E-state index is 13.0. The number of hydrogen-bond acceptors (Lipinski definition) is 4. The average Bonchev–Trinajstić information content (AvgIpc) is 2.96. The third-order valence-corrected chi connectivity index (χ3v) is 6.60. The number of likely N-dealkylation sites (tertiary alicyclic amines) is 2. The second kappa shape index (κ2) is 6.28. The van der Waals surface area contributed by atoms with E-state index < -0.39 is 0 Å². The molecule has 2 saturated heterocycles. The Morgan fingerprint density at radius 3 is 2.64 bits per heavy atom. The summed E-state index contributed by atoms with van der Waals surface area (Å²) in [6.45, 7) is 6.98. The first kappa shape index (κ1) is 15.9. The molecule has 5 heteroatoms. The molecule has 1 amide bonds. The maximum Gasteiger partial charge on any atom is 0.242 e. The number of thiazole rings is 1. The van der Waals surface area contributed by atoms with Gasteiger partial charge in [0.2, 0.25) is 5.91 Å². The molecule has 0 aliphatic carbocycles. The van der Waals surface area contributed by atoms with Gasteiger partial charge in [-0.15, -0.1) is 11.3 Å². The van der Waals surface area contributed by atoms with Crippen molar-refractivity contribution in [1.29, 1.82) is 0 Å². The van der Waals surface area contributed by atoms with E-state index in [4.69, 9.17) is 0 Å². The number of aryl methyl sites for hydroxylation is 1. The van der Waals surface area contributed by atoms with Crippen LogP contribution in [0.15, 0.2) is 5.38 Å². The van der Waals surface area contributed by atoms with E-state index in [2.05, 4.69) is 41.1 Å². The zero-order valence-electron chi connectivity index (χ0n) is 14.0. The fourth-order valence-corrected chi connectivity index (χ4v) is 4.72. The van der Waals surface area contributed by atoms with Gasteiger partial charge in [-0.25, -0.2) is 4.98 Å². The molecule has 0 bridgehead atoms. The van der Waals surface area contributed by atoms with Crippen LogP contribution in [0.2, 0.25) is 0 Å². The molecule has 0 N–H and O–H groups in total. The zero-order valence-corrected chi connectivity index (χ0v) is 14.8. The standard InChI is InChI=1S/C17H27N3OS/c1-13-12-22-15(18-13)14-6-10-20(11-7-14)16(21)17(2)8-4-5-9-19(17)3/h12,14H,4-11H2,1-3H3/t17-/m0/s1. The Balaban J connectivity index is 1.62. The van der Waals surface area contributed by atoms with Crippen LogP contribution in [0.3, 0.4) is 0 Å². The lowest BCUT2D eigenvalue weighted by Crippen LogP contribution is -2.59. The number of likely N-dealkylation sites (N-methyl/N-ethyl adjacent to an activating group) is 1. The SMILES string of the molecule is Cc1csc(C2CCN(C(=O)[C@]3(C)CCCCN3C)CC2)n1. The topological polar surface area (TPSA) is 36.4 Å². The molecule has 2 fully saturated rings. The van der Waals surface area contributed by atoms with Crippen LogP contribution in [0.25, 0.3) is 0 Å². The molecule has 3 heterocycles. The minimum absolute atomic E-state index is 0.289. The van der Waals surface area contributed by atoms with Crippen molar-refractivity contribution in [1.82, 2.24) is 14.8 Å². The van der Waals surface area contributed by atoms with Crippen LogP contribution in [0.1, 0.15) is 55.6 Å². The van der Waals surface area contributed by atoms with Crippen molar-refractivity contribution in [2.24, 2.45) is 0 Å². The van der Waals surface area contributed by atoms with Crippen LogP contribution in [-0.4, -0.2) is 52.9 Å². The number of carbonyl (C=O) groups excluding carboxylic acids is 1. The summed E-state index contributed by atoms with van der Waals surface area (Å²) >= 11 is 1.77. The molecule has 1 aromatic rings. The van der Waals surface area contributed by atoms with Crippen molar-refractivity contribution in [2.75, 3.05) is 26.7 Å².